The quantitative estimate of drug-likeness (QED) is 0.779. The van der Waals surface area contributed by atoms with Gasteiger partial charge in [-0.1, -0.05) is 31.4 Å². The van der Waals surface area contributed by atoms with Gasteiger partial charge in [0, 0.05) is 19.4 Å². The van der Waals surface area contributed by atoms with Crippen molar-refractivity contribution in [2.24, 2.45) is 5.10 Å². The lowest BCUT2D eigenvalue weighted by atomic mass is 9.95. The van der Waals surface area contributed by atoms with Crippen LogP contribution in [0.5, 0.6) is 11.6 Å². The van der Waals surface area contributed by atoms with Gasteiger partial charge in [0.1, 0.15) is 11.3 Å². The Bertz CT molecular complexity index is 1130. The standard InChI is InChI=1S/C22H26N4O5/c1-13(27)26-18(14-8-10-16(31-2)11-9-14)12-17(24-26)19-20(28)23-22(30)25(21(19)29)15-6-4-3-5-7-15/h8-11,15,18,29H,3-7,12H2,1-2H3,(H,23,28,30)/t18-/m0/s1. The fourth-order valence-corrected chi connectivity index (χ4v) is 4.51. The molecule has 1 aromatic heterocycles. The van der Waals surface area contributed by atoms with Crippen molar-refractivity contribution in [1.82, 2.24) is 14.6 Å². The molecule has 9 heteroatoms. The van der Waals surface area contributed by atoms with Crippen molar-refractivity contribution in [3.8, 4) is 11.6 Å². The van der Waals surface area contributed by atoms with Crippen LogP contribution in [0.2, 0.25) is 0 Å². The summed E-state index contributed by atoms with van der Waals surface area (Å²) in [4.78, 5) is 39.7. The molecule has 1 saturated carbocycles. The number of rotatable bonds is 4. The summed E-state index contributed by atoms with van der Waals surface area (Å²) in [7, 11) is 1.57. The summed E-state index contributed by atoms with van der Waals surface area (Å²) in [6.07, 6.45) is 4.78. The maximum absolute atomic E-state index is 12.7. The molecule has 0 unspecified atom stereocenters. The van der Waals surface area contributed by atoms with E-state index in [0.29, 0.717) is 5.75 Å². The lowest BCUT2D eigenvalue weighted by Crippen LogP contribution is -2.36. The van der Waals surface area contributed by atoms with Crippen LogP contribution in [-0.4, -0.2) is 38.4 Å². The average molecular weight is 426 g/mol. The Morgan fingerprint density at radius 3 is 2.45 bits per heavy atom. The van der Waals surface area contributed by atoms with Crippen molar-refractivity contribution >= 4 is 11.6 Å². The highest BCUT2D eigenvalue weighted by molar-refractivity contribution is 6.04. The number of carbonyl (C=O) groups excluding carboxylic acids is 1. The number of nitrogens with one attached hydrogen (secondary N) is 1. The average Bonchev–Trinajstić information content (AvgIpc) is 3.19. The van der Waals surface area contributed by atoms with E-state index in [1.165, 1.54) is 16.5 Å². The number of aromatic hydroxyl groups is 1. The molecule has 0 radical (unpaired) electrons. The third-order valence-electron chi connectivity index (χ3n) is 6.08. The summed E-state index contributed by atoms with van der Waals surface area (Å²) >= 11 is 0. The van der Waals surface area contributed by atoms with Crippen LogP contribution in [0, 0.1) is 0 Å². The fraction of sp³-hybridized carbons (Fsp3) is 0.455. The summed E-state index contributed by atoms with van der Waals surface area (Å²) < 4.78 is 6.46. The molecular formula is C22H26N4O5. The van der Waals surface area contributed by atoms with E-state index >= 15 is 0 Å². The molecule has 1 aliphatic carbocycles. The fourth-order valence-electron chi connectivity index (χ4n) is 4.51. The number of ether oxygens (including phenoxy) is 1. The van der Waals surface area contributed by atoms with Crippen LogP contribution in [0.15, 0.2) is 39.0 Å². The first-order chi connectivity index (χ1) is 14.9. The maximum atomic E-state index is 12.7. The van der Waals surface area contributed by atoms with Crippen molar-refractivity contribution in [3.05, 3.63) is 56.2 Å². The number of carbonyl (C=O) groups is 1. The van der Waals surface area contributed by atoms with E-state index in [4.69, 9.17) is 4.74 Å². The zero-order chi connectivity index (χ0) is 22.1. The first-order valence-electron chi connectivity index (χ1n) is 10.5. The van der Waals surface area contributed by atoms with Crippen molar-refractivity contribution in [1.29, 1.82) is 0 Å². The maximum Gasteiger partial charge on any atom is 0.331 e. The van der Waals surface area contributed by atoms with Crippen LogP contribution in [0.3, 0.4) is 0 Å². The summed E-state index contributed by atoms with van der Waals surface area (Å²) in [5.41, 5.74) is -0.267. The molecular weight excluding hydrogens is 400 g/mol. The van der Waals surface area contributed by atoms with Gasteiger partial charge in [-0.25, -0.2) is 9.80 Å². The van der Waals surface area contributed by atoms with Gasteiger partial charge in [-0.2, -0.15) is 5.10 Å². The molecule has 4 rings (SSSR count). The number of aromatic nitrogens is 2. The SMILES string of the molecule is COc1ccc([C@@H]2CC(c3c(O)n(C4CCCCC4)c(=O)[nH]c3=O)=NN2C(C)=O)cc1. The molecule has 1 amide bonds. The molecule has 1 aromatic carbocycles. The molecule has 0 saturated heterocycles. The van der Waals surface area contributed by atoms with Gasteiger partial charge in [-0.05, 0) is 30.5 Å². The molecule has 2 heterocycles. The molecule has 31 heavy (non-hydrogen) atoms. The predicted molar refractivity (Wildman–Crippen MR) is 115 cm³/mol. The second kappa shape index (κ2) is 8.41. The molecule has 0 spiro atoms. The number of hydrogen-bond donors (Lipinski definition) is 2. The molecule has 0 bridgehead atoms. The number of amides is 1. The Balaban J connectivity index is 1.75. The van der Waals surface area contributed by atoms with E-state index in [-0.39, 0.29) is 35.5 Å². The van der Waals surface area contributed by atoms with E-state index in [0.717, 1.165) is 37.7 Å². The Hall–Kier alpha value is -3.36. The van der Waals surface area contributed by atoms with Gasteiger partial charge in [0.2, 0.25) is 11.8 Å². The predicted octanol–water partition coefficient (Wildman–Crippen LogP) is 2.45. The highest BCUT2D eigenvalue weighted by atomic mass is 16.5. The first kappa shape index (κ1) is 20.9. The Labute approximate surface area is 179 Å². The highest BCUT2D eigenvalue weighted by Gasteiger charge is 2.35. The van der Waals surface area contributed by atoms with Gasteiger partial charge in [0.05, 0.1) is 18.9 Å². The van der Waals surface area contributed by atoms with Gasteiger partial charge in [-0.15, -0.1) is 0 Å². The summed E-state index contributed by atoms with van der Waals surface area (Å²) in [5, 5.41) is 16.6. The minimum Gasteiger partial charge on any atom is -0.497 e. The lowest BCUT2D eigenvalue weighted by Gasteiger charge is -2.25. The third kappa shape index (κ3) is 3.87. The minimum atomic E-state index is -0.702. The van der Waals surface area contributed by atoms with E-state index < -0.39 is 17.3 Å². The highest BCUT2D eigenvalue weighted by Crippen LogP contribution is 2.35. The Morgan fingerprint density at radius 1 is 1.16 bits per heavy atom. The third-order valence-corrected chi connectivity index (χ3v) is 6.08. The summed E-state index contributed by atoms with van der Waals surface area (Å²) in [5.74, 6) is 0.0246. The zero-order valence-corrected chi connectivity index (χ0v) is 17.6. The molecule has 2 N–H and O–H groups in total. The number of H-pyrrole nitrogens is 1. The number of benzene rings is 1. The van der Waals surface area contributed by atoms with Crippen LogP contribution in [0.1, 0.15) is 68.7 Å². The van der Waals surface area contributed by atoms with E-state index in [9.17, 15) is 19.5 Å². The van der Waals surface area contributed by atoms with Crippen molar-refractivity contribution in [2.45, 2.75) is 57.5 Å². The van der Waals surface area contributed by atoms with Gasteiger partial charge >= 0.3 is 5.69 Å². The van der Waals surface area contributed by atoms with Gasteiger partial charge in [0.15, 0.2) is 0 Å². The van der Waals surface area contributed by atoms with Crippen molar-refractivity contribution in [2.75, 3.05) is 7.11 Å². The van der Waals surface area contributed by atoms with Crippen LogP contribution in [0.25, 0.3) is 0 Å². The van der Waals surface area contributed by atoms with Crippen molar-refractivity contribution < 1.29 is 14.6 Å². The van der Waals surface area contributed by atoms with Crippen molar-refractivity contribution in [3.63, 3.8) is 0 Å². The summed E-state index contributed by atoms with van der Waals surface area (Å²) in [6.45, 7) is 1.40. The second-order valence-electron chi connectivity index (χ2n) is 8.02. The number of aromatic amines is 1. The number of nitrogens with zero attached hydrogens (tertiary/aromatic N) is 3. The Kier molecular flexibility index (Phi) is 5.67. The number of methoxy groups -OCH3 is 1. The van der Waals surface area contributed by atoms with Gasteiger partial charge in [0.25, 0.3) is 5.56 Å². The monoisotopic (exact) mass is 426 g/mol. The normalized spacial score (nSPS) is 19.4. The molecule has 2 aliphatic rings. The number of hydrogen-bond acceptors (Lipinski definition) is 6. The van der Waals surface area contributed by atoms with E-state index in [2.05, 4.69) is 10.1 Å². The zero-order valence-electron chi connectivity index (χ0n) is 17.6. The lowest BCUT2D eigenvalue weighted by molar-refractivity contribution is -0.130. The van der Waals surface area contributed by atoms with Gasteiger partial charge < -0.3 is 9.84 Å². The van der Waals surface area contributed by atoms with Crippen LogP contribution < -0.4 is 16.0 Å². The van der Waals surface area contributed by atoms with Crippen LogP contribution >= 0.6 is 0 Å². The number of hydrazone groups is 1. The van der Waals surface area contributed by atoms with Gasteiger partial charge in [-0.3, -0.25) is 19.1 Å². The summed E-state index contributed by atoms with van der Waals surface area (Å²) in [6, 6.07) is 6.67. The molecule has 1 fully saturated rings. The van der Waals surface area contributed by atoms with E-state index in [1.807, 2.05) is 12.1 Å². The second-order valence-corrected chi connectivity index (χ2v) is 8.02. The smallest absolute Gasteiger partial charge is 0.331 e. The molecule has 1 aliphatic heterocycles. The molecule has 164 valence electrons. The van der Waals surface area contributed by atoms with Crippen LogP contribution in [0.4, 0.5) is 0 Å². The molecule has 1 atom stereocenters. The largest absolute Gasteiger partial charge is 0.497 e. The molecule has 9 nitrogen and oxygen atoms in total. The molecule has 2 aromatic rings. The minimum absolute atomic E-state index is 0.0487. The van der Waals surface area contributed by atoms with E-state index in [1.54, 1.807) is 19.2 Å². The Morgan fingerprint density at radius 2 is 1.84 bits per heavy atom. The first-order valence-corrected chi connectivity index (χ1v) is 10.5. The topological polar surface area (TPSA) is 117 Å². The van der Waals surface area contributed by atoms with Crippen LogP contribution in [-0.2, 0) is 4.79 Å².